The number of carbonyl (C=O) groups excluding carboxylic acids is 4. The third-order valence-corrected chi connectivity index (χ3v) is 14.0. The molecule has 3 N–H and O–H groups in total. The van der Waals surface area contributed by atoms with Gasteiger partial charge in [-0.3, -0.25) is 19.2 Å². The predicted molar refractivity (Wildman–Crippen MR) is 256 cm³/mol. The molecule has 0 saturated carbocycles. The van der Waals surface area contributed by atoms with Gasteiger partial charge in [0.2, 0.25) is 23.6 Å². The van der Waals surface area contributed by atoms with Crippen LogP contribution in [0.4, 0.5) is 21.6 Å². The molecule has 1 aliphatic carbocycles. The van der Waals surface area contributed by atoms with Gasteiger partial charge in [-0.1, -0.05) is 79.0 Å². The van der Waals surface area contributed by atoms with Gasteiger partial charge in [0.25, 0.3) is 0 Å². The molecule has 3 aromatic carbocycles. The molecule has 2 aromatic heterocycles. The SMILES string of the molecule is CCC(=O)NCC1(N(C)C(=O)CC)C=CC(C)(C(=O)N(c2nc3c(OC)ccc(N4CCOCC4)c3s2)c2nc3c(OC)ccc(N4CCOCC4)c3s2)C=C1.NC(=O)c1ccccc1. The second kappa shape index (κ2) is 20.4. The molecule has 16 nitrogen and oxygen atoms in total. The number of anilines is 4. The first-order valence-electron chi connectivity index (χ1n) is 21.6. The lowest BCUT2D eigenvalue weighted by atomic mass is 9.78. The van der Waals surface area contributed by atoms with E-state index in [4.69, 9.17) is 34.6 Å². The average Bonchev–Trinajstić information content (AvgIpc) is 4.00. The molecule has 0 atom stereocenters. The summed E-state index contributed by atoms with van der Waals surface area (Å²) in [5, 5.41) is 3.82. The second-order valence-electron chi connectivity index (χ2n) is 15.9. The number of thiazole rings is 2. The summed E-state index contributed by atoms with van der Waals surface area (Å²) in [5.41, 5.74) is 6.63. The molecule has 0 spiro atoms. The Balaban J connectivity index is 0.000000626. The Kier molecular flexibility index (Phi) is 14.7. The summed E-state index contributed by atoms with van der Waals surface area (Å²) < 4.78 is 24.7. The van der Waals surface area contributed by atoms with Crippen molar-refractivity contribution in [2.24, 2.45) is 11.1 Å². The molecule has 4 heterocycles. The van der Waals surface area contributed by atoms with Crippen molar-refractivity contribution in [3.8, 4) is 11.5 Å². The predicted octanol–water partition coefficient (Wildman–Crippen LogP) is 6.31. The van der Waals surface area contributed by atoms with Crippen molar-refractivity contribution in [1.29, 1.82) is 0 Å². The van der Waals surface area contributed by atoms with E-state index in [0.29, 0.717) is 71.2 Å². The Morgan fingerprint density at radius 2 is 1.25 bits per heavy atom. The number of nitrogens with two attached hydrogens (primary N) is 1. The van der Waals surface area contributed by atoms with Crippen molar-refractivity contribution in [2.75, 3.05) is 95.1 Å². The number of methoxy groups -OCH3 is 2. The molecule has 2 saturated heterocycles. The van der Waals surface area contributed by atoms with Crippen LogP contribution in [0.1, 0.15) is 44.0 Å². The summed E-state index contributed by atoms with van der Waals surface area (Å²) in [6, 6.07) is 16.7. The fraction of sp³-hybridized carbons (Fsp3) is 0.404. The fourth-order valence-corrected chi connectivity index (χ4v) is 10.1. The van der Waals surface area contributed by atoms with Gasteiger partial charge in [0.05, 0.1) is 72.4 Å². The highest BCUT2D eigenvalue weighted by Crippen LogP contribution is 2.48. The molecule has 0 unspecified atom stereocenters. The van der Waals surface area contributed by atoms with Crippen LogP contribution in [0.15, 0.2) is 78.9 Å². The van der Waals surface area contributed by atoms with Crippen LogP contribution in [0.5, 0.6) is 11.5 Å². The Bertz CT molecular complexity index is 2460. The largest absolute Gasteiger partial charge is 0.494 e. The number of hydrogen-bond donors (Lipinski definition) is 2. The van der Waals surface area contributed by atoms with Crippen LogP contribution in [0.2, 0.25) is 0 Å². The van der Waals surface area contributed by atoms with E-state index < -0.39 is 11.0 Å². The Hall–Kier alpha value is -6.08. The molecule has 0 radical (unpaired) electrons. The van der Waals surface area contributed by atoms with Crippen molar-refractivity contribution in [3.63, 3.8) is 0 Å². The molecule has 3 aliphatic rings. The number of rotatable bonds is 13. The maximum Gasteiger partial charge on any atom is 0.248 e. The summed E-state index contributed by atoms with van der Waals surface area (Å²) in [4.78, 5) is 69.4. The molecule has 0 bridgehead atoms. The van der Waals surface area contributed by atoms with Gasteiger partial charge < -0.3 is 44.7 Å². The normalized spacial score (nSPS) is 19.4. The van der Waals surface area contributed by atoms with Crippen LogP contribution in [0.25, 0.3) is 20.4 Å². The number of nitrogens with zero attached hydrogens (tertiary/aromatic N) is 6. The highest BCUT2D eigenvalue weighted by molar-refractivity contribution is 7.25. The topological polar surface area (TPSA) is 182 Å². The van der Waals surface area contributed by atoms with Gasteiger partial charge in [0.1, 0.15) is 22.5 Å². The number of nitrogens with one attached hydrogen (secondary N) is 1. The number of amides is 4. The first-order chi connectivity index (χ1) is 31.4. The molecule has 4 amide bonds. The van der Waals surface area contributed by atoms with Gasteiger partial charge in [-0.05, 0) is 43.3 Å². The lowest BCUT2D eigenvalue weighted by Crippen LogP contribution is -2.55. The number of ether oxygens (including phenoxy) is 4. The number of carbonyl (C=O) groups is 4. The molecule has 8 rings (SSSR count). The first-order valence-corrected chi connectivity index (χ1v) is 23.2. The van der Waals surface area contributed by atoms with E-state index in [2.05, 4.69) is 15.1 Å². The Morgan fingerprint density at radius 3 is 1.66 bits per heavy atom. The molecule has 2 fully saturated rings. The smallest absolute Gasteiger partial charge is 0.248 e. The van der Waals surface area contributed by atoms with E-state index in [1.807, 2.05) is 61.6 Å². The zero-order valence-electron chi connectivity index (χ0n) is 37.6. The standard InChI is InChI=1S/C40H49N7O7S2.C7H7NO/c1-7-30(48)41-25-40(44(4)31(49)8-2)15-13-39(3,14-16-40)36(50)47(37-42-32-28(51-5)11-9-26(34(32)55-37)45-17-21-53-22-18-45)38-43-33-29(52-6)12-10-27(35(33)56-38)46-19-23-54-24-20-46;8-7(9)6-4-2-1-3-5-6/h9-16H,7-8,17-25H2,1-6H3,(H,41,48);1-5H,(H2,8,9). The first kappa shape index (κ1) is 46.9. The molecule has 5 aromatic rings. The lowest BCUT2D eigenvalue weighted by molar-refractivity contribution is -0.133. The van der Waals surface area contributed by atoms with Crippen LogP contribution in [0, 0.1) is 5.41 Å². The average molecular weight is 925 g/mol. The van der Waals surface area contributed by atoms with Crippen LogP contribution in [-0.4, -0.2) is 124 Å². The van der Waals surface area contributed by atoms with Crippen molar-refractivity contribution < 1.29 is 38.1 Å². The van der Waals surface area contributed by atoms with Crippen LogP contribution in [-0.2, 0) is 23.9 Å². The summed E-state index contributed by atoms with van der Waals surface area (Å²) in [5.74, 6) is 0.288. The summed E-state index contributed by atoms with van der Waals surface area (Å²) in [6.07, 6.45) is 7.93. The van der Waals surface area contributed by atoms with Gasteiger partial charge >= 0.3 is 0 Å². The van der Waals surface area contributed by atoms with Crippen molar-refractivity contribution >= 4 is 88.4 Å². The number of hydrogen-bond acceptors (Lipinski definition) is 14. The number of benzene rings is 3. The summed E-state index contributed by atoms with van der Waals surface area (Å²) >= 11 is 2.82. The van der Waals surface area contributed by atoms with Crippen LogP contribution in [0.3, 0.4) is 0 Å². The van der Waals surface area contributed by atoms with Crippen LogP contribution >= 0.6 is 22.7 Å². The molecule has 344 valence electrons. The van der Waals surface area contributed by atoms with Crippen molar-refractivity contribution in [1.82, 2.24) is 20.2 Å². The van der Waals surface area contributed by atoms with Crippen molar-refractivity contribution in [2.45, 2.75) is 39.2 Å². The maximum absolute atomic E-state index is 15.4. The van der Waals surface area contributed by atoms with E-state index >= 15 is 4.79 Å². The zero-order valence-corrected chi connectivity index (χ0v) is 39.3. The minimum atomic E-state index is -1.20. The van der Waals surface area contributed by atoms with E-state index in [9.17, 15) is 14.4 Å². The number of morpholine rings is 2. The van der Waals surface area contributed by atoms with Crippen LogP contribution < -0.4 is 35.2 Å². The fourth-order valence-electron chi connectivity index (χ4n) is 7.83. The highest BCUT2D eigenvalue weighted by atomic mass is 32.1. The van der Waals surface area contributed by atoms with Gasteiger partial charge in [-0.25, -0.2) is 14.9 Å². The number of fused-ring (bicyclic) bond motifs is 2. The molecular formula is C47H56N8O8S2. The molecule has 18 heteroatoms. The number of likely N-dealkylation sites (N-methyl/N-ethyl adjacent to an activating group) is 1. The second-order valence-corrected chi connectivity index (χ2v) is 17.8. The van der Waals surface area contributed by atoms with Gasteiger partial charge in [0.15, 0.2) is 10.3 Å². The van der Waals surface area contributed by atoms with E-state index in [-0.39, 0.29) is 36.6 Å². The minimum Gasteiger partial charge on any atom is -0.494 e. The van der Waals surface area contributed by atoms with Gasteiger partial charge in [-0.15, -0.1) is 0 Å². The third-order valence-electron chi connectivity index (χ3n) is 11.8. The molecular weight excluding hydrogens is 869 g/mol. The van der Waals surface area contributed by atoms with Crippen molar-refractivity contribution in [3.05, 3.63) is 84.5 Å². The summed E-state index contributed by atoms with van der Waals surface area (Å²) in [7, 11) is 4.95. The highest BCUT2D eigenvalue weighted by Gasteiger charge is 2.43. The molecule has 65 heavy (non-hydrogen) atoms. The van der Waals surface area contributed by atoms with E-state index in [0.717, 1.165) is 47.0 Å². The Morgan fingerprint density at radius 1 is 0.754 bits per heavy atom. The Labute approximate surface area is 386 Å². The molecule has 2 aliphatic heterocycles. The summed E-state index contributed by atoms with van der Waals surface area (Å²) in [6.45, 7) is 10.9. The zero-order chi connectivity index (χ0) is 46.3. The van der Waals surface area contributed by atoms with Gasteiger partial charge in [-0.2, -0.15) is 0 Å². The number of primary amides is 1. The monoisotopic (exact) mass is 924 g/mol. The quantitative estimate of drug-likeness (QED) is 0.126. The van der Waals surface area contributed by atoms with E-state index in [1.54, 1.807) is 69.2 Å². The number of aromatic nitrogens is 2. The van der Waals surface area contributed by atoms with Gasteiger partial charge in [0, 0.05) is 58.2 Å². The lowest BCUT2D eigenvalue weighted by Gasteiger charge is -2.41. The third kappa shape index (κ3) is 9.80. The van der Waals surface area contributed by atoms with E-state index in [1.165, 1.54) is 22.7 Å². The minimum absolute atomic E-state index is 0.0967. The maximum atomic E-state index is 15.4.